The minimum Gasteiger partial charge on any atom is -0.458 e. The zero-order valence-corrected chi connectivity index (χ0v) is 11.7. The Labute approximate surface area is 113 Å². The Kier molecular flexibility index (Phi) is 3.79. The lowest BCUT2D eigenvalue weighted by Gasteiger charge is -2.20. The van der Waals surface area contributed by atoms with Gasteiger partial charge in [-0.25, -0.2) is 4.79 Å². The zero-order valence-electron chi connectivity index (χ0n) is 9.27. The maximum Gasteiger partial charge on any atom is 0.354 e. The molecule has 1 N–H and O–H groups in total. The van der Waals surface area contributed by atoms with Gasteiger partial charge < -0.3 is 10.1 Å². The maximum absolute atomic E-state index is 11.9. The number of thioether (sulfide) groups is 1. The molecule has 0 bridgehead atoms. The minimum absolute atomic E-state index is 0.286. The van der Waals surface area contributed by atoms with Crippen LogP contribution in [0.2, 0.25) is 0 Å². The SMILES string of the molecule is CC1=CSC(Br)(C(=O)OCc2ccccc2)N1. The van der Waals surface area contributed by atoms with Crippen molar-refractivity contribution in [2.45, 2.75) is 17.3 Å². The van der Waals surface area contributed by atoms with Crippen LogP contribution in [0.15, 0.2) is 41.4 Å². The minimum atomic E-state index is -0.869. The maximum atomic E-state index is 11.9. The van der Waals surface area contributed by atoms with E-state index in [0.29, 0.717) is 0 Å². The number of benzene rings is 1. The summed E-state index contributed by atoms with van der Waals surface area (Å²) in [5, 5.41) is 4.92. The van der Waals surface area contributed by atoms with Gasteiger partial charge in [0.05, 0.1) is 0 Å². The monoisotopic (exact) mass is 313 g/mol. The van der Waals surface area contributed by atoms with Crippen LogP contribution in [0.5, 0.6) is 0 Å². The molecule has 2 rings (SSSR count). The van der Waals surface area contributed by atoms with E-state index in [9.17, 15) is 4.79 Å². The molecule has 1 aliphatic rings. The van der Waals surface area contributed by atoms with Crippen LogP contribution >= 0.6 is 27.7 Å². The summed E-state index contributed by atoms with van der Waals surface area (Å²) >= 11 is 4.72. The van der Waals surface area contributed by atoms with E-state index < -0.39 is 3.78 Å². The molecule has 0 radical (unpaired) electrons. The smallest absolute Gasteiger partial charge is 0.354 e. The highest BCUT2D eigenvalue weighted by Crippen LogP contribution is 2.38. The van der Waals surface area contributed by atoms with Gasteiger partial charge in [-0.1, -0.05) is 42.1 Å². The van der Waals surface area contributed by atoms with E-state index in [1.807, 2.05) is 42.7 Å². The Morgan fingerprint density at radius 1 is 1.47 bits per heavy atom. The van der Waals surface area contributed by atoms with Crippen molar-refractivity contribution in [1.29, 1.82) is 0 Å². The highest BCUT2D eigenvalue weighted by Gasteiger charge is 2.40. The molecule has 90 valence electrons. The summed E-state index contributed by atoms with van der Waals surface area (Å²) in [5.74, 6) is -0.320. The third-order valence-electron chi connectivity index (χ3n) is 2.23. The fraction of sp³-hybridized carbons (Fsp3) is 0.250. The van der Waals surface area contributed by atoms with Crippen molar-refractivity contribution in [3.8, 4) is 0 Å². The highest BCUT2D eigenvalue weighted by molar-refractivity contribution is 9.12. The second-order valence-corrected chi connectivity index (χ2v) is 6.50. The molecule has 0 amide bonds. The molecule has 1 aliphatic heterocycles. The normalized spacial score (nSPS) is 22.8. The van der Waals surface area contributed by atoms with Crippen molar-refractivity contribution in [3.05, 3.63) is 47.0 Å². The van der Waals surface area contributed by atoms with Gasteiger partial charge in [-0.3, -0.25) is 0 Å². The molecule has 1 unspecified atom stereocenters. The van der Waals surface area contributed by atoms with E-state index in [4.69, 9.17) is 4.74 Å². The summed E-state index contributed by atoms with van der Waals surface area (Å²) in [6.45, 7) is 2.19. The molecule has 3 nitrogen and oxygen atoms in total. The van der Waals surface area contributed by atoms with Crippen LogP contribution in [0.25, 0.3) is 0 Å². The fourth-order valence-electron chi connectivity index (χ4n) is 1.40. The van der Waals surface area contributed by atoms with Gasteiger partial charge in [-0.15, -0.1) is 0 Å². The second-order valence-electron chi connectivity index (χ2n) is 3.70. The predicted octanol–water partition coefficient (Wildman–Crippen LogP) is 2.98. The van der Waals surface area contributed by atoms with Gasteiger partial charge in [0.15, 0.2) is 0 Å². The zero-order chi connectivity index (χ0) is 12.3. The first-order valence-electron chi connectivity index (χ1n) is 5.13. The van der Waals surface area contributed by atoms with Crippen LogP contribution in [-0.4, -0.2) is 9.75 Å². The van der Waals surface area contributed by atoms with Crippen LogP contribution in [0.1, 0.15) is 12.5 Å². The summed E-state index contributed by atoms with van der Waals surface area (Å²) in [6, 6.07) is 9.61. The Morgan fingerprint density at radius 2 is 2.18 bits per heavy atom. The third kappa shape index (κ3) is 3.04. The van der Waals surface area contributed by atoms with Gasteiger partial charge in [0.2, 0.25) is 3.78 Å². The summed E-state index contributed by atoms with van der Waals surface area (Å²) < 4.78 is 4.39. The van der Waals surface area contributed by atoms with Gasteiger partial charge in [0.25, 0.3) is 0 Å². The van der Waals surface area contributed by atoms with Crippen molar-refractivity contribution >= 4 is 33.7 Å². The average Bonchev–Trinajstić information content (AvgIpc) is 2.69. The van der Waals surface area contributed by atoms with Crippen LogP contribution in [0.3, 0.4) is 0 Å². The number of allylic oxidation sites excluding steroid dienone is 1. The van der Waals surface area contributed by atoms with Crippen LogP contribution < -0.4 is 5.32 Å². The largest absolute Gasteiger partial charge is 0.458 e. The molecule has 0 saturated heterocycles. The van der Waals surface area contributed by atoms with E-state index in [1.54, 1.807) is 0 Å². The lowest BCUT2D eigenvalue weighted by atomic mass is 10.2. The van der Waals surface area contributed by atoms with E-state index in [1.165, 1.54) is 11.8 Å². The Balaban J connectivity index is 1.90. The molecule has 1 atom stereocenters. The molecular weight excluding hydrogens is 302 g/mol. The van der Waals surface area contributed by atoms with Crippen LogP contribution in [0.4, 0.5) is 0 Å². The molecule has 0 spiro atoms. The van der Waals surface area contributed by atoms with Crippen LogP contribution in [0, 0.1) is 0 Å². The van der Waals surface area contributed by atoms with Crippen molar-refractivity contribution in [1.82, 2.24) is 5.32 Å². The Bertz CT molecular complexity index is 449. The summed E-state index contributed by atoms with van der Waals surface area (Å²) in [6.07, 6.45) is 0. The summed E-state index contributed by atoms with van der Waals surface area (Å²) in [4.78, 5) is 11.9. The molecule has 0 aromatic heterocycles. The van der Waals surface area contributed by atoms with Gasteiger partial charge in [-0.2, -0.15) is 0 Å². The average molecular weight is 314 g/mol. The molecule has 17 heavy (non-hydrogen) atoms. The van der Waals surface area contributed by atoms with Gasteiger partial charge in [0.1, 0.15) is 6.61 Å². The number of hydrogen-bond donors (Lipinski definition) is 1. The van der Waals surface area contributed by atoms with E-state index in [-0.39, 0.29) is 12.6 Å². The van der Waals surface area contributed by atoms with Crippen molar-refractivity contribution in [2.75, 3.05) is 0 Å². The number of hydrogen-bond acceptors (Lipinski definition) is 4. The molecule has 1 aromatic rings. The number of esters is 1. The molecular formula is C12H12BrNO2S. The van der Waals surface area contributed by atoms with E-state index in [0.717, 1.165) is 11.3 Å². The lowest BCUT2D eigenvalue weighted by molar-refractivity contribution is -0.145. The number of rotatable bonds is 3. The number of ether oxygens (including phenoxy) is 1. The summed E-state index contributed by atoms with van der Waals surface area (Å²) in [5.41, 5.74) is 1.92. The number of alkyl halides is 1. The number of carbonyl (C=O) groups excluding carboxylic acids is 1. The van der Waals surface area contributed by atoms with E-state index >= 15 is 0 Å². The molecule has 1 aromatic carbocycles. The quantitative estimate of drug-likeness (QED) is 0.529. The van der Waals surface area contributed by atoms with Crippen molar-refractivity contribution < 1.29 is 9.53 Å². The standard InChI is InChI=1S/C12H12BrNO2S/c1-9-8-17-12(13,14-9)11(15)16-7-10-5-3-2-4-6-10/h2-6,8,14H,7H2,1H3. The van der Waals surface area contributed by atoms with Crippen molar-refractivity contribution in [2.24, 2.45) is 0 Å². The van der Waals surface area contributed by atoms with Gasteiger partial charge >= 0.3 is 5.97 Å². The fourth-order valence-corrected chi connectivity index (χ4v) is 2.88. The first-order chi connectivity index (χ1) is 8.10. The highest BCUT2D eigenvalue weighted by atomic mass is 79.9. The second kappa shape index (κ2) is 5.14. The first-order valence-corrected chi connectivity index (χ1v) is 6.80. The lowest BCUT2D eigenvalue weighted by Crippen LogP contribution is -2.40. The Morgan fingerprint density at radius 3 is 2.76 bits per heavy atom. The first kappa shape index (κ1) is 12.5. The van der Waals surface area contributed by atoms with Gasteiger partial charge in [-0.05, 0) is 33.8 Å². The number of nitrogens with one attached hydrogen (secondary N) is 1. The molecule has 1 heterocycles. The molecule has 0 saturated carbocycles. The van der Waals surface area contributed by atoms with Crippen LogP contribution in [-0.2, 0) is 16.1 Å². The molecule has 5 heteroatoms. The predicted molar refractivity (Wildman–Crippen MR) is 72.4 cm³/mol. The molecule has 0 fully saturated rings. The van der Waals surface area contributed by atoms with E-state index in [2.05, 4.69) is 21.2 Å². The Hall–Kier alpha value is -0.940. The summed E-state index contributed by atoms with van der Waals surface area (Å²) in [7, 11) is 0. The third-order valence-corrected chi connectivity index (χ3v) is 4.38. The van der Waals surface area contributed by atoms with Gasteiger partial charge in [0, 0.05) is 5.70 Å². The van der Waals surface area contributed by atoms with Crippen molar-refractivity contribution in [3.63, 3.8) is 0 Å². The number of carbonyl (C=O) groups is 1. The molecule has 0 aliphatic carbocycles. The topological polar surface area (TPSA) is 38.3 Å². The number of halogens is 1.